The van der Waals surface area contributed by atoms with Gasteiger partial charge in [0.15, 0.2) is 0 Å². The summed E-state index contributed by atoms with van der Waals surface area (Å²) in [5.41, 5.74) is 1.15. The van der Waals surface area contributed by atoms with Crippen LogP contribution in [0.15, 0.2) is 24.3 Å². The molecule has 1 aliphatic rings. The van der Waals surface area contributed by atoms with Crippen molar-refractivity contribution in [3.8, 4) is 6.07 Å². The van der Waals surface area contributed by atoms with Crippen molar-refractivity contribution < 1.29 is 4.79 Å². The second-order valence-corrected chi connectivity index (χ2v) is 5.37. The predicted octanol–water partition coefficient (Wildman–Crippen LogP) is 1.23. The molecule has 0 aliphatic carbocycles. The van der Waals surface area contributed by atoms with Gasteiger partial charge in [-0.05, 0) is 32.0 Å². The standard InChI is InChI=1S/C15H20N4O/c1-15(7-9-17-11-15)18-8-6-14(20)19-13-5-3-2-4-12(13)10-16/h2-5,17-18H,6-9,11H2,1H3,(H,19,20). The van der Waals surface area contributed by atoms with Crippen LogP contribution in [0.25, 0.3) is 0 Å². The van der Waals surface area contributed by atoms with Crippen LogP contribution in [0.5, 0.6) is 0 Å². The average molecular weight is 272 g/mol. The number of nitrogens with one attached hydrogen (secondary N) is 3. The molecule has 1 aromatic rings. The van der Waals surface area contributed by atoms with Gasteiger partial charge < -0.3 is 16.0 Å². The molecule has 1 heterocycles. The van der Waals surface area contributed by atoms with E-state index in [1.54, 1.807) is 24.3 Å². The van der Waals surface area contributed by atoms with Crippen molar-refractivity contribution >= 4 is 11.6 Å². The van der Waals surface area contributed by atoms with Gasteiger partial charge in [-0.1, -0.05) is 12.1 Å². The first-order chi connectivity index (χ1) is 9.63. The first-order valence-corrected chi connectivity index (χ1v) is 6.88. The average Bonchev–Trinajstić information content (AvgIpc) is 2.86. The van der Waals surface area contributed by atoms with Gasteiger partial charge in [0.1, 0.15) is 6.07 Å². The van der Waals surface area contributed by atoms with Crippen molar-refractivity contribution in [1.29, 1.82) is 5.26 Å². The number of hydrogen-bond acceptors (Lipinski definition) is 4. The van der Waals surface area contributed by atoms with Crippen LogP contribution in [0, 0.1) is 11.3 Å². The van der Waals surface area contributed by atoms with E-state index in [4.69, 9.17) is 5.26 Å². The fraction of sp³-hybridized carbons (Fsp3) is 0.467. The molecule has 20 heavy (non-hydrogen) atoms. The number of amides is 1. The lowest BCUT2D eigenvalue weighted by molar-refractivity contribution is -0.116. The van der Waals surface area contributed by atoms with Crippen molar-refractivity contribution in [2.24, 2.45) is 0 Å². The molecule has 0 radical (unpaired) electrons. The number of para-hydroxylation sites is 1. The Bertz CT molecular complexity index is 515. The summed E-state index contributed by atoms with van der Waals surface area (Å²) in [6, 6.07) is 9.09. The topological polar surface area (TPSA) is 77.0 Å². The Hall–Kier alpha value is -1.90. The number of carbonyl (C=O) groups is 1. The molecule has 2 rings (SSSR count). The van der Waals surface area contributed by atoms with Gasteiger partial charge in [-0.25, -0.2) is 0 Å². The van der Waals surface area contributed by atoms with Gasteiger partial charge >= 0.3 is 0 Å². The Morgan fingerprint density at radius 3 is 3.00 bits per heavy atom. The quantitative estimate of drug-likeness (QED) is 0.753. The van der Waals surface area contributed by atoms with Crippen LogP contribution in [-0.2, 0) is 4.79 Å². The van der Waals surface area contributed by atoms with Gasteiger partial charge in [0.05, 0.1) is 11.3 Å². The first-order valence-electron chi connectivity index (χ1n) is 6.88. The van der Waals surface area contributed by atoms with Crippen molar-refractivity contribution in [2.45, 2.75) is 25.3 Å². The number of carbonyl (C=O) groups excluding carboxylic acids is 1. The lowest BCUT2D eigenvalue weighted by Gasteiger charge is -2.24. The van der Waals surface area contributed by atoms with E-state index in [0.29, 0.717) is 24.2 Å². The summed E-state index contributed by atoms with van der Waals surface area (Å²) < 4.78 is 0. The molecule has 0 aromatic heterocycles. The third-order valence-corrected chi connectivity index (χ3v) is 3.59. The summed E-state index contributed by atoms with van der Waals surface area (Å²) in [5, 5.41) is 18.5. The van der Waals surface area contributed by atoms with Gasteiger partial charge in [0.2, 0.25) is 5.91 Å². The van der Waals surface area contributed by atoms with Crippen molar-refractivity contribution in [3.63, 3.8) is 0 Å². The zero-order valence-corrected chi connectivity index (χ0v) is 11.7. The lowest BCUT2D eigenvalue weighted by atomic mass is 10.0. The molecule has 3 N–H and O–H groups in total. The Labute approximate surface area is 119 Å². The molecule has 5 heteroatoms. The van der Waals surface area contributed by atoms with E-state index in [0.717, 1.165) is 19.5 Å². The van der Waals surface area contributed by atoms with E-state index in [2.05, 4.69) is 28.9 Å². The minimum absolute atomic E-state index is 0.0743. The van der Waals surface area contributed by atoms with E-state index in [-0.39, 0.29) is 11.4 Å². The molecular formula is C15H20N4O. The Morgan fingerprint density at radius 1 is 1.50 bits per heavy atom. The van der Waals surface area contributed by atoms with Gasteiger partial charge in [-0.3, -0.25) is 4.79 Å². The van der Waals surface area contributed by atoms with Gasteiger partial charge in [-0.15, -0.1) is 0 Å². The van der Waals surface area contributed by atoms with Crippen LogP contribution in [0.4, 0.5) is 5.69 Å². The molecule has 1 aromatic carbocycles. The number of benzene rings is 1. The highest BCUT2D eigenvalue weighted by molar-refractivity contribution is 5.92. The van der Waals surface area contributed by atoms with Crippen molar-refractivity contribution in [2.75, 3.05) is 25.0 Å². The number of rotatable bonds is 5. The smallest absolute Gasteiger partial charge is 0.225 e. The van der Waals surface area contributed by atoms with Crippen LogP contribution < -0.4 is 16.0 Å². The van der Waals surface area contributed by atoms with Crippen molar-refractivity contribution in [3.05, 3.63) is 29.8 Å². The Balaban J connectivity index is 1.79. The molecule has 0 bridgehead atoms. The minimum Gasteiger partial charge on any atom is -0.325 e. The predicted molar refractivity (Wildman–Crippen MR) is 78.3 cm³/mol. The van der Waals surface area contributed by atoms with Crippen LogP contribution in [0.1, 0.15) is 25.3 Å². The van der Waals surface area contributed by atoms with Gasteiger partial charge in [0, 0.05) is 25.0 Å². The SMILES string of the molecule is CC1(NCCC(=O)Nc2ccccc2C#N)CCNC1. The second kappa shape index (κ2) is 6.51. The monoisotopic (exact) mass is 272 g/mol. The number of nitriles is 1. The molecule has 0 saturated carbocycles. The van der Waals surface area contributed by atoms with E-state index < -0.39 is 0 Å². The first kappa shape index (κ1) is 14.5. The van der Waals surface area contributed by atoms with Gasteiger partial charge in [0.25, 0.3) is 0 Å². The maximum absolute atomic E-state index is 11.9. The third-order valence-electron chi connectivity index (χ3n) is 3.59. The summed E-state index contributed by atoms with van der Waals surface area (Å²) >= 11 is 0. The fourth-order valence-electron chi connectivity index (χ4n) is 2.35. The van der Waals surface area contributed by atoms with Crippen LogP contribution in [0.3, 0.4) is 0 Å². The summed E-state index contributed by atoms with van der Waals surface area (Å²) in [4.78, 5) is 11.9. The highest BCUT2D eigenvalue weighted by Gasteiger charge is 2.27. The molecule has 1 atom stereocenters. The third kappa shape index (κ3) is 3.80. The summed E-state index contributed by atoms with van der Waals surface area (Å²) in [6.07, 6.45) is 1.47. The largest absolute Gasteiger partial charge is 0.325 e. The minimum atomic E-state index is -0.0743. The molecule has 1 unspecified atom stereocenters. The molecule has 1 aliphatic heterocycles. The summed E-state index contributed by atoms with van der Waals surface area (Å²) in [5.74, 6) is -0.0743. The van der Waals surface area contributed by atoms with E-state index >= 15 is 0 Å². The molecule has 0 spiro atoms. The molecular weight excluding hydrogens is 252 g/mol. The van der Waals surface area contributed by atoms with Crippen LogP contribution >= 0.6 is 0 Å². The maximum atomic E-state index is 11.9. The van der Waals surface area contributed by atoms with Crippen LogP contribution in [-0.4, -0.2) is 31.1 Å². The Kier molecular flexibility index (Phi) is 4.72. The maximum Gasteiger partial charge on any atom is 0.225 e. The summed E-state index contributed by atoms with van der Waals surface area (Å²) in [6.45, 7) is 4.76. The van der Waals surface area contributed by atoms with Crippen LogP contribution in [0.2, 0.25) is 0 Å². The highest BCUT2D eigenvalue weighted by Crippen LogP contribution is 2.14. The normalized spacial score (nSPS) is 21.4. The zero-order chi connectivity index (χ0) is 14.4. The lowest BCUT2D eigenvalue weighted by Crippen LogP contribution is -2.45. The zero-order valence-electron chi connectivity index (χ0n) is 11.7. The molecule has 1 fully saturated rings. The van der Waals surface area contributed by atoms with E-state index in [1.165, 1.54) is 0 Å². The Morgan fingerprint density at radius 2 is 2.30 bits per heavy atom. The van der Waals surface area contributed by atoms with E-state index in [1.807, 2.05) is 0 Å². The molecule has 1 amide bonds. The second-order valence-electron chi connectivity index (χ2n) is 5.37. The number of anilines is 1. The number of nitrogens with zero attached hydrogens (tertiary/aromatic N) is 1. The molecule has 5 nitrogen and oxygen atoms in total. The van der Waals surface area contributed by atoms with Crippen molar-refractivity contribution in [1.82, 2.24) is 10.6 Å². The van der Waals surface area contributed by atoms with Gasteiger partial charge in [-0.2, -0.15) is 5.26 Å². The molecule has 1 saturated heterocycles. The molecule has 106 valence electrons. The summed E-state index contributed by atoms with van der Waals surface area (Å²) in [7, 11) is 0. The fourth-order valence-corrected chi connectivity index (χ4v) is 2.35. The highest BCUT2D eigenvalue weighted by atomic mass is 16.1. The number of hydrogen-bond donors (Lipinski definition) is 3. The van der Waals surface area contributed by atoms with E-state index in [9.17, 15) is 4.79 Å².